The van der Waals surface area contributed by atoms with E-state index < -0.39 is 0 Å². The van der Waals surface area contributed by atoms with Crippen molar-refractivity contribution >= 4 is 22.7 Å². The Morgan fingerprint density at radius 2 is 1.76 bits per heavy atom. The molecular formula is C17H22N2OS. The van der Waals surface area contributed by atoms with Crippen LogP contribution in [0.4, 0.5) is 0 Å². The Labute approximate surface area is 130 Å². The van der Waals surface area contributed by atoms with Gasteiger partial charge in [-0.15, -0.1) is 0 Å². The van der Waals surface area contributed by atoms with Gasteiger partial charge in [-0.05, 0) is 37.9 Å². The number of rotatable bonds is 4. The van der Waals surface area contributed by atoms with Crippen molar-refractivity contribution in [3.8, 4) is 5.75 Å². The molecule has 0 radical (unpaired) electrons. The molecular weight excluding hydrogens is 280 g/mol. The highest BCUT2D eigenvalue weighted by Gasteiger charge is 2.13. The molecule has 0 aromatic heterocycles. The maximum Gasteiger partial charge on any atom is 0.127 e. The van der Waals surface area contributed by atoms with Gasteiger partial charge in [-0.25, -0.2) is 4.31 Å². The zero-order chi connectivity index (χ0) is 14.7. The number of piperazine rings is 1. The summed E-state index contributed by atoms with van der Waals surface area (Å²) in [5.41, 5.74) is 0. The summed E-state index contributed by atoms with van der Waals surface area (Å²) in [6.45, 7) is 8.45. The summed E-state index contributed by atoms with van der Waals surface area (Å²) in [5.74, 6) is 0.977. The van der Waals surface area contributed by atoms with E-state index in [9.17, 15) is 0 Å². The summed E-state index contributed by atoms with van der Waals surface area (Å²) in [4.78, 5) is 1.31. The van der Waals surface area contributed by atoms with E-state index in [1.807, 2.05) is 11.9 Å². The second kappa shape index (κ2) is 6.69. The molecule has 3 nitrogen and oxygen atoms in total. The van der Waals surface area contributed by atoms with Crippen LogP contribution < -0.4 is 10.1 Å². The van der Waals surface area contributed by atoms with E-state index in [4.69, 9.17) is 4.74 Å². The minimum Gasteiger partial charge on any atom is -0.490 e. The number of fused-ring (bicyclic) bond motifs is 1. The van der Waals surface area contributed by atoms with Crippen molar-refractivity contribution in [3.63, 3.8) is 0 Å². The minimum absolute atomic E-state index is 0.195. The van der Waals surface area contributed by atoms with Crippen LogP contribution in [-0.4, -0.2) is 36.6 Å². The van der Waals surface area contributed by atoms with Gasteiger partial charge in [-0.1, -0.05) is 24.3 Å². The fourth-order valence-electron chi connectivity index (χ4n) is 2.56. The quantitative estimate of drug-likeness (QED) is 0.873. The van der Waals surface area contributed by atoms with Crippen molar-refractivity contribution in [1.29, 1.82) is 0 Å². The first-order valence-corrected chi connectivity index (χ1v) is 8.33. The molecule has 4 heteroatoms. The first-order valence-electron chi connectivity index (χ1n) is 7.56. The van der Waals surface area contributed by atoms with E-state index in [1.165, 1.54) is 15.7 Å². The fourth-order valence-corrected chi connectivity index (χ4v) is 3.62. The molecule has 112 valence electrons. The molecule has 2 aromatic carbocycles. The molecule has 1 saturated heterocycles. The van der Waals surface area contributed by atoms with Crippen LogP contribution in [0.25, 0.3) is 10.8 Å². The minimum atomic E-state index is 0.195. The van der Waals surface area contributed by atoms with Gasteiger partial charge in [0.15, 0.2) is 0 Å². The highest BCUT2D eigenvalue weighted by Crippen LogP contribution is 2.34. The summed E-state index contributed by atoms with van der Waals surface area (Å²) in [5, 5.41) is 5.87. The van der Waals surface area contributed by atoms with Gasteiger partial charge in [0.25, 0.3) is 0 Å². The Bertz CT molecular complexity index is 609. The van der Waals surface area contributed by atoms with Crippen molar-refractivity contribution in [3.05, 3.63) is 36.4 Å². The zero-order valence-corrected chi connectivity index (χ0v) is 13.5. The molecule has 2 aromatic rings. The van der Waals surface area contributed by atoms with Crippen LogP contribution in [0.1, 0.15) is 13.8 Å². The monoisotopic (exact) mass is 302 g/mol. The highest BCUT2D eigenvalue weighted by atomic mass is 32.2. The van der Waals surface area contributed by atoms with Gasteiger partial charge in [-0.2, -0.15) is 0 Å². The Morgan fingerprint density at radius 3 is 2.52 bits per heavy atom. The van der Waals surface area contributed by atoms with Gasteiger partial charge in [0.1, 0.15) is 5.75 Å². The second-order valence-electron chi connectivity index (χ2n) is 5.54. The summed E-state index contributed by atoms with van der Waals surface area (Å²) in [6, 6.07) is 12.8. The maximum atomic E-state index is 5.94. The zero-order valence-electron chi connectivity index (χ0n) is 12.6. The van der Waals surface area contributed by atoms with Crippen molar-refractivity contribution in [1.82, 2.24) is 9.62 Å². The van der Waals surface area contributed by atoms with Gasteiger partial charge >= 0.3 is 0 Å². The second-order valence-corrected chi connectivity index (χ2v) is 6.68. The first kappa shape index (κ1) is 14.7. The molecule has 0 bridgehead atoms. The van der Waals surface area contributed by atoms with Crippen LogP contribution in [0.3, 0.4) is 0 Å². The predicted molar refractivity (Wildman–Crippen MR) is 90.0 cm³/mol. The van der Waals surface area contributed by atoms with Crippen molar-refractivity contribution in [2.24, 2.45) is 0 Å². The lowest BCUT2D eigenvalue weighted by Crippen LogP contribution is -2.39. The highest BCUT2D eigenvalue weighted by molar-refractivity contribution is 7.97. The van der Waals surface area contributed by atoms with Crippen molar-refractivity contribution < 1.29 is 4.74 Å². The predicted octanol–water partition coefficient (Wildman–Crippen LogP) is 3.54. The molecule has 1 fully saturated rings. The number of hydrogen-bond donors (Lipinski definition) is 1. The third-order valence-corrected chi connectivity index (χ3v) is 4.68. The summed E-state index contributed by atoms with van der Waals surface area (Å²) in [6.07, 6.45) is 0.195. The summed E-state index contributed by atoms with van der Waals surface area (Å²) < 4.78 is 8.37. The Hall–Kier alpha value is -1.23. The lowest BCUT2D eigenvalue weighted by Gasteiger charge is -2.26. The molecule has 1 N–H and O–H groups in total. The average molecular weight is 302 g/mol. The van der Waals surface area contributed by atoms with Crippen LogP contribution in [0, 0.1) is 0 Å². The average Bonchev–Trinajstić information content (AvgIpc) is 2.49. The van der Waals surface area contributed by atoms with E-state index in [-0.39, 0.29) is 6.10 Å². The molecule has 1 aliphatic heterocycles. The number of benzene rings is 2. The number of ether oxygens (including phenoxy) is 1. The van der Waals surface area contributed by atoms with E-state index in [2.05, 4.69) is 59.9 Å². The molecule has 0 atom stereocenters. The number of nitrogens with zero attached hydrogens (tertiary/aromatic N) is 1. The summed E-state index contributed by atoms with van der Waals surface area (Å²) >= 11 is 1.86. The van der Waals surface area contributed by atoms with Crippen LogP contribution in [0.2, 0.25) is 0 Å². The Morgan fingerprint density at radius 1 is 1.05 bits per heavy atom. The Balaban J connectivity index is 1.92. The van der Waals surface area contributed by atoms with E-state index in [1.54, 1.807) is 0 Å². The molecule has 0 saturated carbocycles. The largest absolute Gasteiger partial charge is 0.490 e. The topological polar surface area (TPSA) is 24.5 Å². The number of nitrogens with one attached hydrogen (secondary N) is 1. The van der Waals surface area contributed by atoms with E-state index in [0.717, 1.165) is 31.9 Å². The van der Waals surface area contributed by atoms with Crippen molar-refractivity contribution in [2.45, 2.75) is 24.8 Å². The van der Waals surface area contributed by atoms with E-state index in [0.29, 0.717) is 0 Å². The van der Waals surface area contributed by atoms with Crippen molar-refractivity contribution in [2.75, 3.05) is 26.2 Å². The van der Waals surface area contributed by atoms with Crippen LogP contribution in [0.15, 0.2) is 41.3 Å². The smallest absolute Gasteiger partial charge is 0.127 e. The Kier molecular flexibility index (Phi) is 4.68. The maximum absolute atomic E-state index is 5.94. The SMILES string of the molecule is CC(C)Oc1cccc2c(SN3CCNCC3)cccc12. The molecule has 0 unspecified atom stereocenters. The lowest BCUT2D eigenvalue weighted by atomic mass is 10.1. The standard InChI is InChI=1S/C17H22N2OS/c1-13(2)20-16-7-3-6-15-14(16)5-4-8-17(15)21-19-11-9-18-10-12-19/h3-8,13,18H,9-12H2,1-2H3. The first-order chi connectivity index (χ1) is 10.2. The van der Waals surface area contributed by atoms with Gasteiger partial charge in [0.2, 0.25) is 0 Å². The lowest BCUT2D eigenvalue weighted by molar-refractivity contribution is 0.245. The normalized spacial score (nSPS) is 16.5. The van der Waals surface area contributed by atoms with Crippen LogP contribution >= 0.6 is 11.9 Å². The van der Waals surface area contributed by atoms with E-state index >= 15 is 0 Å². The van der Waals surface area contributed by atoms with Crippen LogP contribution in [-0.2, 0) is 0 Å². The molecule has 0 amide bonds. The molecule has 21 heavy (non-hydrogen) atoms. The molecule has 1 heterocycles. The van der Waals surface area contributed by atoms with Gasteiger partial charge < -0.3 is 10.1 Å². The molecule has 0 aliphatic carbocycles. The third kappa shape index (κ3) is 3.51. The van der Waals surface area contributed by atoms with Crippen LogP contribution in [0.5, 0.6) is 5.75 Å². The molecule has 3 rings (SSSR count). The van der Waals surface area contributed by atoms with Gasteiger partial charge in [-0.3, -0.25) is 0 Å². The fraction of sp³-hybridized carbons (Fsp3) is 0.412. The molecule has 1 aliphatic rings. The molecule has 0 spiro atoms. The number of hydrogen-bond acceptors (Lipinski definition) is 4. The van der Waals surface area contributed by atoms with Gasteiger partial charge in [0.05, 0.1) is 6.10 Å². The summed E-state index contributed by atoms with van der Waals surface area (Å²) in [7, 11) is 0. The van der Waals surface area contributed by atoms with Gasteiger partial charge in [0, 0.05) is 41.8 Å². The third-order valence-electron chi connectivity index (χ3n) is 3.51.